The molecule has 0 bridgehead atoms. The van der Waals surface area contributed by atoms with Crippen LogP contribution in [0.15, 0.2) is 22.6 Å². The maximum atomic E-state index is 14.9. The van der Waals surface area contributed by atoms with Gasteiger partial charge in [-0.05, 0) is 31.0 Å². The van der Waals surface area contributed by atoms with Gasteiger partial charge in [0.25, 0.3) is 5.91 Å². The predicted molar refractivity (Wildman–Crippen MR) is 124 cm³/mol. The van der Waals surface area contributed by atoms with Crippen LogP contribution in [-0.4, -0.2) is 70.5 Å². The first-order valence-electron chi connectivity index (χ1n) is 10.3. The number of halogens is 1. The summed E-state index contributed by atoms with van der Waals surface area (Å²) in [5, 5.41) is 3.16. The maximum Gasteiger partial charge on any atom is 0.414 e. The van der Waals surface area contributed by atoms with Crippen molar-refractivity contribution < 1.29 is 28.4 Å². The van der Waals surface area contributed by atoms with Crippen molar-refractivity contribution in [2.45, 2.75) is 25.9 Å². The lowest BCUT2D eigenvalue weighted by Crippen LogP contribution is -2.41. The number of rotatable bonds is 5. The lowest BCUT2D eigenvalue weighted by molar-refractivity contribution is -0.115. The van der Waals surface area contributed by atoms with Gasteiger partial charge in [-0.2, -0.15) is 4.36 Å². The minimum Gasteiger partial charge on any atom is -0.442 e. The number of cyclic esters (lactones) is 1. The van der Waals surface area contributed by atoms with Crippen LogP contribution in [0.2, 0.25) is 0 Å². The lowest BCUT2D eigenvalue weighted by atomic mass is 10.2. The molecule has 0 spiro atoms. The van der Waals surface area contributed by atoms with Crippen LogP contribution in [-0.2, 0) is 19.3 Å². The summed E-state index contributed by atoms with van der Waals surface area (Å²) in [5.41, 5.74) is 0.791. The Kier molecular flexibility index (Phi) is 7.36. The first kappa shape index (κ1) is 24.3. The minimum atomic E-state index is -2.56. The Morgan fingerprint density at radius 2 is 2.03 bits per heavy atom. The molecule has 12 heteroatoms. The van der Waals surface area contributed by atoms with Crippen LogP contribution >= 0.6 is 12.2 Å². The van der Waals surface area contributed by atoms with Crippen LogP contribution in [0.4, 0.5) is 20.6 Å². The number of amides is 2. The molecule has 9 nitrogen and oxygen atoms in total. The summed E-state index contributed by atoms with van der Waals surface area (Å²) in [4.78, 5) is 27.5. The number of thiocarbonyl (C=S) groups is 1. The highest BCUT2D eigenvalue weighted by Gasteiger charge is 2.34. The molecular formula is C20H27FN4O5S2. The molecule has 32 heavy (non-hydrogen) atoms. The van der Waals surface area contributed by atoms with Crippen LogP contribution in [0.25, 0.3) is 0 Å². The van der Waals surface area contributed by atoms with Gasteiger partial charge in [-0.3, -0.25) is 9.69 Å². The van der Waals surface area contributed by atoms with Gasteiger partial charge in [0.15, 0.2) is 0 Å². The average molecular weight is 487 g/mol. The third-order valence-electron chi connectivity index (χ3n) is 5.57. The van der Waals surface area contributed by atoms with E-state index in [-0.39, 0.29) is 23.1 Å². The van der Waals surface area contributed by atoms with Gasteiger partial charge in [-0.15, -0.1) is 0 Å². The van der Waals surface area contributed by atoms with Gasteiger partial charge in [0.1, 0.15) is 11.9 Å². The van der Waals surface area contributed by atoms with Crippen LogP contribution in [0.1, 0.15) is 19.8 Å². The number of carbonyl (C=O) groups is 2. The summed E-state index contributed by atoms with van der Waals surface area (Å²) in [6.45, 7) is 2.72. The zero-order valence-corrected chi connectivity index (χ0v) is 19.3. The van der Waals surface area contributed by atoms with Crippen molar-refractivity contribution in [2.75, 3.05) is 47.5 Å². The molecule has 2 amide bonds. The van der Waals surface area contributed by atoms with E-state index in [2.05, 4.69) is 9.68 Å². The highest BCUT2D eigenvalue weighted by molar-refractivity contribution is 7.94. The fourth-order valence-electron chi connectivity index (χ4n) is 3.75. The standard InChI is InChI=1S/C20H25FN4O4S2.H2O/c1-13(26)23-31(28)8-6-24(7-9-31)18-5-4-15(10-17(18)21)25-12-16(29-20(25)27)11-22-19(30)14-2-3-14;/h4-5,10,14,16H,2-3,6-9,11-12H2,1H3,(H,22,30);1H2/t16-;/m0./s1. The number of nitrogens with one attached hydrogen (secondary N) is 1. The monoisotopic (exact) mass is 486 g/mol. The van der Waals surface area contributed by atoms with E-state index in [1.165, 1.54) is 17.9 Å². The molecular weight excluding hydrogens is 459 g/mol. The summed E-state index contributed by atoms with van der Waals surface area (Å²) in [5.74, 6) is -0.0510. The fraction of sp³-hybridized carbons (Fsp3) is 0.550. The Morgan fingerprint density at radius 1 is 1.34 bits per heavy atom. The molecule has 3 N–H and O–H groups in total. The number of anilines is 2. The fourth-order valence-corrected chi connectivity index (χ4v) is 5.93. The van der Waals surface area contributed by atoms with E-state index in [1.54, 1.807) is 17.0 Å². The van der Waals surface area contributed by atoms with Crippen LogP contribution in [0.3, 0.4) is 0 Å². The Morgan fingerprint density at radius 3 is 2.62 bits per heavy atom. The van der Waals surface area contributed by atoms with Gasteiger partial charge < -0.3 is 20.4 Å². The van der Waals surface area contributed by atoms with Crippen molar-refractivity contribution in [1.82, 2.24) is 5.32 Å². The quantitative estimate of drug-likeness (QED) is 0.626. The maximum absolute atomic E-state index is 14.9. The van der Waals surface area contributed by atoms with E-state index in [0.717, 1.165) is 17.8 Å². The van der Waals surface area contributed by atoms with Crippen molar-refractivity contribution in [1.29, 1.82) is 0 Å². The molecule has 1 atom stereocenters. The van der Waals surface area contributed by atoms with E-state index in [4.69, 9.17) is 17.0 Å². The molecule has 1 aromatic rings. The van der Waals surface area contributed by atoms with Crippen molar-refractivity contribution in [3.8, 4) is 0 Å². The van der Waals surface area contributed by atoms with Gasteiger partial charge >= 0.3 is 6.09 Å². The lowest BCUT2D eigenvalue weighted by Gasteiger charge is -2.31. The number of nitrogens with zero attached hydrogens (tertiary/aromatic N) is 3. The van der Waals surface area contributed by atoms with Crippen molar-refractivity contribution in [3.05, 3.63) is 24.0 Å². The number of hydrogen-bond acceptors (Lipinski definition) is 6. The second-order valence-corrected chi connectivity index (χ2v) is 11.0. The highest BCUT2D eigenvalue weighted by Crippen LogP contribution is 2.31. The van der Waals surface area contributed by atoms with Crippen molar-refractivity contribution in [3.63, 3.8) is 0 Å². The Hall–Kier alpha value is -2.31. The molecule has 3 fully saturated rings. The SMILES string of the molecule is CC(=O)N=S1(=O)CCN(c2ccc(N3C[C@H](CNC(=S)C4CC4)OC3=O)cc2F)CC1.O. The molecule has 2 aliphatic heterocycles. The van der Waals surface area contributed by atoms with E-state index in [1.807, 2.05) is 0 Å². The van der Waals surface area contributed by atoms with Gasteiger partial charge in [-0.1, -0.05) is 12.2 Å². The van der Waals surface area contributed by atoms with E-state index < -0.39 is 27.5 Å². The summed E-state index contributed by atoms with van der Waals surface area (Å²) >= 11 is 5.30. The second-order valence-electron chi connectivity index (χ2n) is 8.05. The molecule has 0 unspecified atom stereocenters. The van der Waals surface area contributed by atoms with Gasteiger partial charge in [-0.25, -0.2) is 13.4 Å². The largest absolute Gasteiger partial charge is 0.442 e. The van der Waals surface area contributed by atoms with Crippen LogP contribution in [0.5, 0.6) is 0 Å². The molecule has 1 saturated carbocycles. The molecule has 1 aliphatic carbocycles. The first-order chi connectivity index (χ1) is 14.7. The molecule has 3 aliphatic rings. The number of carbonyl (C=O) groups excluding carboxylic acids is 2. The number of ether oxygens (including phenoxy) is 1. The van der Waals surface area contributed by atoms with Crippen LogP contribution < -0.4 is 15.1 Å². The predicted octanol–water partition coefficient (Wildman–Crippen LogP) is 1.49. The van der Waals surface area contributed by atoms with E-state index in [9.17, 15) is 18.2 Å². The Labute approximate surface area is 191 Å². The van der Waals surface area contributed by atoms with Crippen molar-refractivity contribution >= 4 is 50.3 Å². The summed E-state index contributed by atoms with van der Waals surface area (Å²) < 4.78 is 36.5. The normalized spacial score (nSPS) is 22.1. The molecule has 2 saturated heterocycles. The summed E-state index contributed by atoms with van der Waals surface area (Å²) in [7, 11) is -2.56. The zero-order chi connectivity index (χ0) is 22.2. The molecule has 0 aromatic heterocycles. The van der Waals surface area contributed by atoms with E-state index >= 15 is 0 Å². The summed E-state index contributed by atoms with van der Waals surface area (Å²) in [6, 6.07) is 4.60. The van der Waals surface area contributed by atoms with Gasteiger partial charge in [0, 0.05) is 37.4 Å². The van der Waals surface area contributed by atoms with E-state index in [0.29, 0.717) is 43.5 Å². The first-order valence-corrected chi connectivity index (χ1v) is 12.5. The zero-order valence-electron chi connectivity index (χ0n) is 17.7. The topological polar surface area (TPSA) is 123 Å². The second kappa shape index (κ2) is 9.67. The number of hydrogen-bond donors (Lipinski definition) is 1. The molecule has 1 aromatic carbocycles. The average Bonchev–Trinajstić information content (AvgIpc) is 3.49. The van der Waals surface area contributed by atoms with Gasteiger partial charge in [0.2, 0.25) is 0 Å². The minimum absolute atomic E-state index is 0. The van der Waals surface area contributed by atoms with Gasteiger partial charge in [0.05, 0.1) is 39.2 Å². The summed E-state index contributed by atoms with van der Waals surface area (Å²) in [6.07, 6.45) is 1.34. The molecule has 176 valence electrons. The third-order valence-corrected chi connectivity index (χ3v) is 8.27. The Balaban J connectivity index is 0.00000289. The van der Waals surface area contributed by atoms with Crippen LogP contribution in [0, 0.1) is 11.7 Å². The number of benzene rings is 1. The highest BCUT2D eigenvalue weighted by atomic mass is 32.2. The smallest absolute Gasteiger partial charge is 0.414 e. The molecule has 0 radical (unpaired) electrons. The molecule has 2 heterocycles. The van der Waals surface area contributed by atoms with Crippen molar-refractivity contribution in [2.24, 2.45) is 10.3 Å². The Bertz CT molecular complexity index is 1020. The third kappa shape index (κ3) is 5.54. The molecule has 4 rings (SSSR count).